The number of urea groups is 1. The second kappa shape index (κ2) is 7.99. The van der Waals surface area contributed by atoms with E-state index in [2.05, 4.69) is 10.6 Å². The lowest BCUT2D eigenvalue weighted by molar-refractivity contribution is 0.0599. The summed E-state index contributed by atoms with van der Waals surface area (Å²) < 4.78 is 4.79. The predicted molar refractivity (Wildman–Crippen MR) is 75.7 cm³/mol. The molecule has 0 fully saturated rings. The number of methoxy groups -OCH3 is 1. The van der Waals surface area contributed by atoms with Crippen LogP contribution in [0.2, 0.25) is 5.02 Å². The molecule has 1 atom stereocenters. The number of amides is 2. The van der Waals surface area contributed by atoms with Crippen molar-refractivity contribution < 1.29 is 14.6 Å². The molecule has 0 saturated carbocycles. The second-order valence-corrected chi connectivity index (χ2v) is 4.67. The summed E-state index contributed by atoms with van der Waals surface area (Å²) in [7, 11) is 1.52. The van der Waals surface area contributed by atoms with Crippen LogP contribution in [-0.2, 0) is 4.74 Å². The highest BCUT2D eigenvalue weighted by Gasteiger charge is 2.07. The maximum Gasteiger partial charge on any atom is 0.319 e. The zero-order chi connectivity index (χ0) is 14.3. The first-order valence-electron chi connectivity index (χ1n) is 6.01. The third kappa shape index (κ3) is 5.92. The van der Waals surface area contributed by atoms with E-state index >= 15 is 0 Å². The van der Waals surface area contributed by atoms with Crippen molar-refractivity contribution >= 4 is 23.3 Å². The standard InChI is InChI=1S/C13H19ClN2O3/c1-9-3-4-10(14)7-12(9)16-13(18)15-6-5-11(17)8-19-2/h3-4,7,11,17H,5-6,8H2,1-2H3,(H2,15,16,18). The Labute approximate surface area is 117 Å². The smallest absolute Gasteiger partial charge is 0.319 e. The molecule has 0 aliphatic rings. The fourth-order valence-corrected chi connectivity index (χ4v) is 1.70. The van der Waals surface area contributed by atoms with E-state index in [1.54, 1.807) is 12.1 Å². The number of aliphatic hydroxyl groups excluding tert-OH is 1. The molecule has 0 aliphatic carbocycles. The van der Waals surface area contributed by atoms with Crippen molar-refractivity contribution in [2.75, 3.05) is 25.6 Å². The summed E-state index contributed by atoms with van der Waals surface area (Å²) in [5.74, 6) is 0. The lowest BCUT2D eigenvalue weighted by Crippen LogP contribution is -2.32. The summed E-state index contributed by atoms with van der Waals surface area (Å²) in [5.41, 5.74) is 1.60. The van der Waals surface area contributed by atoms with E-state index in [0.29, 0.717) is 23.7 Å². The fourth-order valence-electron chi connectivity index (χ4n) is 1.52. The van der Waals surface area contributed by atoms with Crippen LogP contribution in [0.5, 0.6) is 0 Å². The van der Waals surface area contributed by atoms with Crippen molar-refractivity contribution in [2.45, 2.75) is 19.4 Å². The average Bonchev–Trinajstić information content (AvgIpc) is 2.34. The van der Waals surface area contributed by atoms with Crippen LogP contribution >= 0.6 is 11.6 Å². The van der Waals surface area contributed by atoms with Gasteiger partial charge in [0.25, 0.3) is 0 Å². The monoisotopic (exact) mass is 286 g/mol. The quantitative estimate of drug-likeness (QED) is 0.750. The van der Waals surface area contributed by atoms with Gasteiger partial charge in [-0.2, -0.15) is 0 Å². The van der Waals surface area contributed by atoms with Gasteiger partial charge < -0.3 is 20.5 Å². The number of benzene rings is 1. The summed E-state index contributed by atoms with van der Waals surface area (Å²) in [6, 6.07) is 4.97. The minimum atomic E-state index is -0.571. The van der Waals surface area contributed by atoms with Crippen LogP contribution in [0.25, 0.3) is 0 Å². The topological polar surface area (TPSA) is 70.6 Å². The molecule has 106 valence electrons. The fraction of sp³-hybridized carbons (Fsp3) is 0.462. The van der Waals surface area contributed by atoms with E-state index in [1.165, 1.54) is 7.11 Å². The minimum absolute atomic E-state index is 0.261. The molecule has 3 N–H and O–H groups in total. The van der Waals surface area contributed by atoms with Gasteiger partial charge in [-0.1, -0.05) is 17.7 Å². The minimum Gasteiger partial charge on any atom is -0.391 e. The van der Waals surface area contributed by atoms with Gasteiger partial charge in [-0.25, -0.2) is 4.79 Å². The molecule has 0 aliphatic heterocycles. The number of ether oxygens (including phenoxy) is 1. The molecule has 1 aromatic carbocycles. The number of anilines is 1. The number of halogens is 1. The molecule has 0 bridgehead atoms. The second-order valence-electron chi connectivity index (χ2n) is 4.24. The Morgan fingerprint density at radius 2 is 2.26 bits per heavy atom. The molecule has 19 heavy (non-hydrogen) atoms. The number of aryl methyl sites for hydroxylation is 1. The van der Waals surface area contributed by atoms with Gasteiger partial charge in [0.05, 0.1) is 12.7 Å². The van der Waals surface area contributed by atoms with Crippen LogP contribution in [0, 0.1) is 6.92 Å². The summed E-state index contributed by atoms with van der Waals surface area (Å²) in [6.45, 7) is 2.51. The van der Waals surface area contributed by atoms with E-state index in [1.807, 2.05) is 13.0 Å². The van der Waals surface area contributed by atoms with E-state index in [-0.39, 0.29) is 12.6 Å². The molecular formula is C13H19ClN2O3. The van der Waals surface area contributed by atoms with Crippen LogP contribution in [0.1, 0.15) is 12.0 Å². The number of rotatable bonds is 6. The molecule has 0 radical (unpaired) electrons. The Bertz CT molecular complexity index is 426. The Hall–Kier alpha value is -1.30. The van der Waals surface area contributed by atoms with Gasteiger partial charge in [-0.15, -0.1) is 0 Å². The van der Waals surface area contributed by atoms with Crippen molar-refractivity contribution in [3.63, 3.8) is 0 Å². The lowest BCUT2D eigenvalue weighted by atomic mass is 10.2. The summed E-state index contributed by atoms with van der Waals surface area (Å²) in [5, 5.41) is 15.4. The molecule has 0 heterocycles. The normalized spacial score (nSPS) is 12.0. The third-order valence-corrected chi connectivity index (χ3v) is 2.81. The maximum absolute atomic E-state index is 11.6. The van der Waals surface area contributed by atoms with Gasteiger partial charge in [0.15, 0.2) is 0 Å². The van der Waals surface area contributed by atoms with Gasteiger partial charge in [-0.05, 0) is 31.0 Å². The maximum atomic E-state index is 11.6. The number of aliphatic hydroxyl groups is 1. The average molecular weight is 287 g/mol. The van der Waals surface area contributed by atoms with Gasteiger partial charge >= 0.3 is 6.03 Å². The first kappa shape index (κ1) is 15.8. The number of hydrogen-bond donors (Lipinski definition) is 3. The molecule has 1 rings (SSSR count). The first-order valence-corrected chi connectivity index (χ1v) is 6.38. The summed E-state index contributed by atoms with van der Waals surface area (Å²) in [6.07, 6.45) is -0.131. The van der Waals surface area contributed by atoms with E-state index in [9.17, 15) is 9.90 Å². The molecule has 0 spiro atoms. The predicted octanol–water partition coefficient (Wildman–Crippen LogP) is 2.17. The SMILES string of the molecule is COCC(O)CCNC(=O)Nc1cc(Cl)ccc1C. The highest BCUT2D eigenvalue weighted by Crippen LogP contribution is 2.19. The summed E-state index contributed by atoms with van der Waals surface area (Å²) in [4.78, 5) is 11.6. The van der Waals surface area contributed by atoms with E-state index < -0.39 is 6.10 Å². The van der Waals surface area contributed by atoms with Crippen molar-refractivity contribution in [3.05, 3.63) is 28.8 Å². The zero-order valence-electron chi connectivity index (χ0n) is 11.1. The molecular weight excluding hydrogens is 268 g/mol. The Balaban J connectivity index is 2.37. The first-order chi connectivity index (χ1) is 9.02. The van der Waals surface area contributed by atoms with Crippen LogP contribution in [-0.4, -0.2) is 37.5 Å². The van der Waals surface area contributed by atoms with Crippen LogP contribution in [0.15, 0.2) is 18.2 Å². The van der Waals surface area contributed by atoms with Crippen LogP contribution in [0.3, 0.4) is 0 Å². The van der Waals surface area contributed by atoms with Crippen molar-refractivity contribution in [1.82, 2.24) is 5.32 Å². The Morgan fingerprint density at radius 1 is 1.53 bits per heavy atom. The Kier molecular flexibility index (Phi) is 6.62. The molecule has 2 amide bonds. The Morgan fingerprint density at radius 3 is 2.95 bits per heavy atom. The van der Waals surface area contributed by atoms with Gasteiger partial charge in [0.1, 0.15) is 0 Å². The number of hydrogen-bond acceptors (Lipinski definition) is 3. The van der Waals surface area contributed by atoms with Gasteiger partial charge in [-0.3, -0.25) is 0 Å². The number of carbonyl (C=O) groups is 1. The third-order valence-electron chi connectivity index (χ3n) is 2.57. The van der Waals surface area contributed by atoms with Crippen LogP contribution < -0.4 is 10.6 Å². The zero-order valence-corrected chi connectivity index (χ0v) is 11.8. The van der Waals surface area contributed by atoms with Crippen molar-refractivity contribution in [3.8, 4) is 0 Å². The van der Waals surface area contributed by atoms with Crippen molar-refractivity contribution in [1.29, 1.82) is 0 Å². The molecule has 1 unspecified atom stereocenters. The highest BCUT2D eigenvalue weighted by atomic mass is 35.5. The molecule has 1 aromatic rings. The molecule has 5 nitrogen and oxygen atoms in total. The summed E-state index contributed by atoms with van der Waals surface area (Å²) >= 11 is 5.86. The number of nitrogens with one attached hydrogen (secondary N) is 2. The molecule has 6 heteroatoms. The van der Waals surface area contributed by atoms with Gasteiger partial charge in [0.2, 0.25) is 0 Å². The van der Waals surface area contributed by atoms with E-state index in [4.69, 9.17) is 16.3 Å². The largest absolute Gasteiger partial charge is 0.391 e. The molecule has 0 aromatic heterocycles. The highest BCUT2D eigenvalue weighted by molar-refractivity contribution is 6.31. The van der Waals surface area contributed by atoms with E-state index in [0.717, 1.165) is 5.56 Å². The number of carbonyl (C=O) groups excluding carboxylic acids is 1. The molecule has 0 saturated heterocycles. The van der Waals surface area contributed by atoms with Crippen molar-refractivity contribution in [2.24, 2.45) is 0 Å². The lowest BCUT2D eigenvalue weighted by Gasteiger charge is -2.12. The van der Waals surface area contributed by atoms with Crippen LogP contribution in [0.4, 0.5) is 10.5 Å². The van der Waals surface area contributed by atoms with Gasteiger partial charge in [0, 0.05) is 24.4 Å².